The average Bonchev–Trinajstić information content (AvgIpc) is 2.86. The summed E-state index contributed by atoms with van der Waals surface area (Å²) in [5.41, 5.74) is 1.35. The molecular formula is C14H9FN2O2. The summed E-state index contributed by atoms with van der Waals surface area (Å²) in [6.07, 6.45) is 0. The van der Waals surface area contributed by atoms with Crippen molar-refractivity contribution >= 4 is 11.4 Å². The minimum absolute atomic E-state index is 0.0243. The van der Waals surface area contributed by atoms with E-state index in [1.807, 2.05) is 6.07 Å². The molecule has 0 atom stereocenters. The van der Waals surface area contributed by atoms with E-state index in [1.54, 1.807) is 24.3 Å². The number of nitrogens with one attached hydrogen (secondary N) is 1. The third-order valence-corrected chi connectivity index (χ3v) is 2.75. The smallest absolute Gasteiger partial charge is 0.231 e. The fraction of sp³-hybridized carbons (Fsp3) is 0.0714. The topological polar surface area (TPSA) is 54.3 Å². The van der Waals surface area contributed by atoms with Gasteiger partial charge in [0.05, 0.1) is 5.56 Å². The molecule has 1 aliphatic rings. The van der Waals surface area contributed by atoms with Crippen molar-refractivity contribution in [3.63, 3.8) is 0 Å². The number of anilines is 2. The highest BCUT2D eigenvalue weighted by Gasteiger charge is 2.13. The van der Waals surface area contributed by atoms with Crippen LogP contribution in [-0.2, 0) is 0 Å². The molecule has 0 radical (unpaired) electrons. The first kappa shape index (κ1) is 11.4. The van der Waals surface area contributed by atoms with Gasteiger partial charge in [0.25, 0.3) is 0 Å². The Balaban J connectivity index is 1.85. The number of ether oxygens (including phenoxy) is 2. The molecule has 4 nitrogen and oxygen atoms in total. The molecule has 0 fully saturated rings. The summed E-state index contributed by atoms with van der Waals surface area (Å²) >= 11 is 0. The van der Waals surface area contributed by atoms with Gasteiger partial charge in [-0.15, -0.1) is 0 Å². The maximum absolute atomic E-state index is 13.5. The van der Waals surface area contributed by atoms with E-state index in [0.717, 1.165) is 5.69 Å². The Morgan fingerprint density at radius 3 is 2.58 bits per heavy atom. The number of hydrogen-bond acceptors (Lipinski definition) is 4. The molecule has 94 valence electrons. The molecule has 0 unspecified atom stereocenters. The number of rotatable bonds is 2. The molecule has 0 amide bonds. The molecule has 1 N–H and O–H groups in total. The van der Waals surface area contributed by atoms with E-state index in [0.29, 0.717) is 17.2 Å². The van der Waals surface area contributed by atoms with E-state index >= 15 is 0 Å². The normalized spacial score (nSPS) is 12.0. The summed E-state index contributed by atoms with van der Waals surface area (Å²) in [6.45, 7) is 0.213. The monoisotopic (exact) mass is 256 g/mol. The Morgan fingerprint density at radius 1 is 1.05 bits per heavy atom. The van der Waals surface area contributed by atoms with Crippen molar-refractivity contribution in [2.24, 2.45) is 0 Å². The van der Waals surface area contributed by atoms with Gasteiger partial charge < -0.3 is 14.8 Å². The number of hydrogen-bond donors (Lipinski definition) is 1. The molecule has 0 saturated carbocycles. The SMILES string of the molecule is N#Cc1ccc(Nc2ccc3c(c2)OCO3)cc1F. The Labute approximate surface area is 109 Å². The van der Waals surface area contributed by atoms with Crippen LogP contribution in [0.25, 0.3) is 0 Å². The molecule has 0 saturated heterocycles. The number of benzene rings is 2. The van der Waals surface area contributed by atoms with Gasteiger partial charge in [0.1, 0.15) is 11.9 Å². The lowest BCUT2D eigenvalue weighted by Crippen LogP contribution is -1.93. The van der Waals surface area contributed by atoms with Gasteiger partial charge in [0.2, 0.25) is 6.79 Å². The number of fused-ring (bicyclic) bond motifs is 1. The van der Waals surface area contributed by atoms with Gasteiger partial charge in [-0.05, 0) is 30.3 Å². The molecule has 2 aromatic rings. The maximum Gasteiger partial charge on any atom is 0.231 e. The lowest BCUT2D eigenvalue weighted by molar-refractivity contribution is 0.174. The van der Waals surface area contributed by atoms with Crippen LogP contribution in [0.1, 0.15) is 5.56 Å². The second-order valence-corrected chi connectivity index (χ2v) is 4.00. The molecule has 0 bridgehead atoms. The predicted octanol–water partition coefficient (Wildman–Crippen LogP) is 3.17. The molecule has 19 heavy (non-hydrogen) atoms. The third-order valence-electron chi connectivity index (χ3n) is 2.75. The minimum atomic E-state index is -0.548. The van der Waals surface area contributed by atoms with Crippen LogP contribution in [0, 0.1) is 17.1 Å². The molecule has 1 heterocycles. The first-order chi connectivity index (χ1) is 9.26. The molecule has 0 aliphatic carbocycles. The molecule has 5 heteroatoms. The first-order valence-electron chi connectivity index (χ1n) is 5.62. The Bertz CT molecular complexity index is 671. The van der Waals surface area contributed by atoms with Gasteiger partial charge in [-0.3, -0.25) is 0 Å². The molecule has 0 aromatic heterocycles. The minimum Gasteiger partial charge on any atom is -0.454 e. The van der Waals surface area contributed by atoms with Crippen LogP contribution in [-0.4, -0.2) is 6.79 Å². The van der Waals surface area contributed by atoms with E-state index in [4.69, 9.17) is 14.7 Å². The highest BCUT2D eigenvalue weighted by atomic mass is 19.1. The second kappa shape index (κ2) is 4.50. The molecular weight excluding hydrogens is 247 g/mol. The van der Waals surface area contributed by atoms with Crippen LogP contribution in [0.3, 0.4) is 0 Å². The van der Waals surface area contributed by atoms with Crippen LogP contribution in [0.15, 0.2) is 36.4 Å². The zero-order valence-electron chi connectivity index (χ0n) is 9.81. The van der Waals surface area contributed by atoms with E-state index < -0.39 is 5.82 Å². The van der Waals surface area contributed by atoms with Gasteiger partial charge in [0, 0.05) is 17.4 Å². The Kier molecular flexibility index (Phi) is 2.69. The van der Waals surface area contributed by atoms with Crippen LogP contribution in [0.2, 0.25) is 0 Å². The molecule has 3 rings (SSSR count). The first-order valence-corrected chi connectivity index (χ1v) is 5.62. The zero-order chi connectivity index (χ0) is 13.2. The lowest BCUT2D eigenvalue weighted by atomic mass is 10.2. The van der Waals surface area contributed by atoms with Crippen LogP contribution < -0.4 is 14.8 Å². The summed E-state index contributed by atoms with van der Waals surface area (Å²) in [7, 11) is 0. The number of nitriles is 1. The second-order valence-electron chi connectivity index (χ2n) is 4.00. The van der Waals surface area contributed by atoms with E-state index in [2.05, 4.69) is 5.32 Å². The van der Waals surface area contributed by atoms with E-state index in [-0.39, 0.29) is 12.4 Å². The summed E-state index contributed by atoms with van der Waals surface area (Å²) in [4.78, 5) is 0. The van der Waals surface area contributed by atoms with Crippen molar-refractivity contribution in [3.8, 4) is 17.6 Å². The predicted molar refractivity (Wildman–Crippen MR) is 67.0 cm³/mol. The molecule has 2 aromatic carbocycles. The quantitative estimate of drug-likeness (QED) is 0.896. The molecule has 1 aliphatic heterocycles. The number of nitrogens with zero attached hydrogens (tertiary/aromatic N) is 1. The number of halogens is 1. The van der Waals surface area contributed by atoms with Crippen LogP contribution in [0.4, 0.5) is 15.8 Å². The van der Waals surface area contributed by atoms with Gasteiger partial charge in [-0.2, -0.15) is 5.26 Å². The molecule has 0 spiro atoms. The highest BCUT2D eigenvalue weighted by molar-refractivity contribution is 5.64. The van der Waals surface area contributed by atoms with E-state index in [9.17, 15) is 4.39 Å². The largest absolute Gasteiger partial charge is 0.454 e. The summed E-state index contributed by atoms with van der Waals surface area (Å²) in [6, 6.07) is 11.5. The van der Waals surface area contributed by atoms with Gasteiger partial charge in [0.15, 0.2) is 11.5 Å². The van der Waals surface area contributed by atoms with Crippen molar-refractivity contribution in [1.82, 2.24) is 0 Å². The fourth-order valence-electron chi connectivity index (χ4n) is 1.82. The Hall–Kier alpha value is -2.74. The third kappa shape index (κ3) is 2.16. The highest BCUT2D eigenvalue weighted by Crippen LogP contribution is 2.35. The van der Waals surface area contributed by atoms with Gasteiger partial charge >= 0.3 is 0 Å². The average molecular weight is 256 g/mol. The van der Waals surface area contributed by atoms with Gasteiger partial charge in [-0.25, -0.2) is 4.39 Å². The van der Waals surface area contributed by atoms with Crippen molar-refractivity contribution in [1.29, 1.82) is 5.26 Å². The lowest BCUT2D eigenvalue weighted by Gasteiger charge is -2.07. The fourth-order valence-corrected chi connectivity index (χ4v) is 1.82. The van der Waals surface area contributed by atoms with Crippen molar-refractivity contribution in [2.75, 3.05) is 12.1 Å². The Morgan fingerprint density at radius 2 is 1.79 bits per heavy atom. The van der Waals surface area contributed by atoms with Gasteiger partial charge in [-0.1, -0.05) is 0 Å². The van der Waals surface area contributed by atoms with Crippen LogP contribution >= 0.6 is 0 Å². The van der Waals surface area contributed by atoms with Crippen molar-refractivity contribution in [3.05, 3.63) is 47.8 Å². The summed E-state index contributed by atoms with van der Waals surface area (Å²) < 4.78 is 23.9. The summed E-state index contributed by atoms with van der Waals surface area (Å²) in [5.74, 6) is 0.795. The standard InChI is InChI=1S/C14H9FN2O2/c15-12-5-10(2-1-9(12)7-16)17-11-3-4-13-14(6-11)19-8-18-13/h1-6,17H,8H2. The van der Waals surface area contributed by atoms with Crippen molar-refractivity contribution in [2.45, 2.75) is 0 Å². The van der Waals surface area contributed by atoms with E-state index in [1.165, 1.54) is 12.1 Å². The van der Waals surface area contributed by atoms with Crippen molar-refractivity contribution < 1.29 is 13.9 Å². The maximum atomic E-state index is 13.5. The zero-order valence-corrected chi connectivity index (χ0v) is 9.81. The van der Waals surface area contributed by atoms with Crippen LogP contribution in [0.5, 0.6) is 11.5 Å². The summed E-state index contributed by atoms with van der Waals surface area (Å²) in [5, 5.41) is 11.7.